The van der Waals surface area contributed by atoms with Crippen LogP contribution in [0.1, 0.15) is 39.9 Å². The van der Waals surface area contributed by atoms with Gasteiger partial charge in [-0.2, -0.15) is 0 Å². The summed E-state index contributed by atoms with van der Waals surface area (Å²) in [7, 11) is 0. The van der Waals surface area contributed by atoms with Crippen molar-refractivity contribution in [2.45, 2.75) is 23.5 Å². The fourth-order valence-corrected chi connectivity index (χ4v) is 3.47. The Balaban J connectivity index is 2.11. The summed E-state index contributed by atoms with van der Waals surface area (Å²) in [6, 6.07) is 13.0. The first-order valence-corrected chi connectivity index (χ1v) is 7.68. The zero-order valence-electron chi connectivity index (χ0n) is 11.5. The molecule has 1 unspecified atom stereocenters. The summed E-state index contributed by atoms with van der Waals surface area (Å²) in [4.78, 5) is 24.8. The number of ketones is 1. The van der Waals surface area contributed by atoms with Gasteiger partial charge in [0.05, 0.1) is 5.92 Å². The van der Waals surface area contributed by atoms with Gasteiger partial charge in [0.2, 0.25) is 0 Å². The minimum atomic E-state index is -0.885. The van der Waals surface area contributed by atoms with Crippen LogP contribution in [0.5, 0.6) is 0 Å². The summed E-state index contributed by atoms with van der Waals surface area (Å²) in [5.74, 6) is -0.774. The molecule has 1 atom stereocenters. The quantitative estimate of drug-likeness (QED) is 0.859. The van der Waals surface area contributed by atoms with Gasteiger partial charge in [0.1, 0.15) is 0 Å². The predicted octanol–water partition coefficient (Wildman–Crippen LogP) is 3.71. The highest BCUT2D eigenvalue weighted by Gasteiger charge is 2.23. The molecule has 0 aromatic heterocycles. The third kappa shape index (κ3) is 2.47. The summed E-state index contributed by atoms with van der Waals surface area (Å²) < 4.78 is 0. The lowest BCUT2D eigenvalue weighted by molar-refractivity contribution is -0.138. The predicted molar refractivity (Wildman–Crippen MR) is 81.9 cm³/mol. The van der Waals surface area contributed by atoms with E-state index in [4.69, 9.17) is 5.11 Å². The first-order valence-electron chi connectivity index (χ1n) is 6.70. The Hall–Kier alpha value is -2.07. The number of carboxylic acid groups (broad SMARTS) is 1. The zero-order valence-corrected chi connectivity index (χ0v) is 12.3. The monoisotopic (exact) mass is 299 g/mol. The SMILES string of the molecule is CC(c1ccc2c(c1)C(=O)c1ccccc1CS2)[13C](=O)O. The molecule has 4 heteroatoms. The van der Waals surface area contributed by atoms with Crippen molar-refractivity contribution in [1.82, 2.24) is 0 Å². The fraction of sp³-hybridized carbons (Fsp3) is 0.176. The maximum Gasteiger partial charge on any atom is 0.310 e. The standard InChI is InChI=1S/C17H14O3S/c1-10(17(19)20)11-6-7-15-14(8-11)16(18)13-5-3-2-4-12(13)9-21-15/h2-8,10H,9H2,1H3,(H,19,20)/i17+1. The van der Waals surface area contributed by atoms with E-state index in [1.54, 1.807) is 30.8 Å². The number of rotatable bonds is 2. The molecular weight excluding hydrogens is 285 g/mol. The molecule has 1 N–H and O–H groups in total. The molecule has 106 valence electrons. The largest absolute Gasteiger partial charge is 0.481 e. The van der Waals surface area contributed by atoms with E-state index in [1.807, 2.05) is 30.3 Å². The molecule has 1 heterocycles. The van der Waals surface area contributed by atoms with E-state index in [0.29, 0.717) is 16.7 Å². The van der Waals surface area contributed by atoms with Crippen molar-refractivity contribution in [3.8, 4) is 0 Å². The van der Waals surface area contributed by atoms with E-state index in [9.17, 15) is 9.59 Å². The summed E-state index contributed by atoms with van der Waals surface area (Å²) in [6.45, 7) is 1.63. The molecule has 21 heavy (non-hydrogen) atoms. The van der Waals surface area contributed by atoms with Crippen molar-refractivity contribution in [3.05, 3.63) is 64.7 Å². The van der Waals surface area contributed by atoms with Crippen molar-refractivity contribution < 1.29 is 14.7 Å². The highest BCUT2D eigenvalue weighted by Crippen LogP contribution is 2.35. The number of carboxylic acids is 1. The highest BCUT2D eigenvalue weighted by molar-refractivity contribution is 7.98. The molecule has 1 aliphatic rings. The van der Waals surface area contributed by atoms with Gasteiger partial charge in [-0.05, 0) is 30.2 Å². The lowest BCUT2D eigenvalue weighted by Crippen LogP contribution is -2.10. The molecular formula is C17H14O3S. The van der Waals surface area contributed by atoms with Gasteiger partial charge in [0, 0.05) is 21.8 Å². The van der Waals surface area contributed by atoms with Gasteiger partial charge in [0.25, 0.3) is 0 Å². The van der Waals surface area contributed by atoms with Crippen molar-refractivity contribution in [1.29, 1.82) is 0 Å². The molecule has 0 fully saturated rings. The van der Waals surface area contributed by atoms with E-state index in [-0.39, 0.29) is 5.78 Å². The van der Waals surface area contributed by atoms with Crippen LogP contribution < -0.4 is 0 Å². The van der Waals surface area contributed by atoms with E-state index in [0.717, 1.165) is 16.2 Å². The first-order chi connectivity index (χ1) is 10.1. The van der Waals surface area contributed by atoms with Crippen molar-refractivity contribution in [2.24, 2.45) is 0 Å². The maximum atomic E-state index is 12.7. The van der Waals surface area contributed by atoms with Crippen LogP contribution >= 0.6 is 11.8 Å². The third-order valence-electron chi connectivity index (χ3n) is 3.76. The van der Waals surface area contributed by atoms with Crippen LogP contribution in [-0.4, -0.2) is 16.9 Å². The van der Waals surface area contributed by atoms with Crippen LogP contribution in [0.25, 0.3) is 0 Å². The molecule has 1 aliphatic heterocycles. The van der Waals surface area contributed by atoms with Gasteiger partial charge < -0.3 is 5.11 Å². The van der Waals surface area contributed by atoms with Crippen LogP contribution in [0, 0.1) is 0 Å². The second-order valence-electron chi connectivity index (χ2n) is 5.09. The third-order valence-corrected chi connectivity index (χ3v) is 4.89. The Kier molecular flexibility index (Phi) is 3.55. The molecule has 2 aromatic rings. The number of carbonyl (C=O) groups excluding carboxylic acids is 1. The smallest absolute Gasteiger partial charge is 0.310 e. The molecule has 0 bridgehead atoms. The average Bonchev–Trinajstić information content (AvgIpc) is 2.64. The fourth-order valence-electron chi connectivity index (χ4n) is 2.43. The molecule has 2 aromatic carbocycles. The molecule has 0 radical (unpaired) electrons. The van der Waals surface area contributed by atoms with Crippen LogP contribution in [0.2, 0.25) is 0 Å². The van der Waals surface area contributed by atoms with Crippen LogP contribution in [0.4, 0.5) is 0 Å². The minimum Gasteiger partial charge on any atom is -0.481 e. The van der Waals surface area contributed by atoms with Gasteiger partial charge >= 0.3 is 5.97 Å². The van der Waals surface area contributed by atoms with Gasteiger partial charge in [-0.25, -0.2) is 0 Å². The average molecular weight is 299 g/mol. The number of benzene rings is 2. The lowest BCUT2D eigenvalue weighted by Gasteiger charge is -2.10. The van der Waals surface area contributed by atoms with Crippen LogP contribution in [-0.2, 0) is 10.5 Å². The minimum absolute atomic E-state index is 0.0231. The van der Waals surface area contributed by atoms with E-state index >= 15 is 0 Å². The Morgan fingerprint density at radius 3 is 2.71 bits per heavy atom. The number of thioether (sulfide) groups is 1. The van der Waals surface area contributed by atoms with Crippen LogP contribution in [0.15, 0.2) is 47.4 Å². The lowest BCUT2D eigenvalue weighted by atomic mass is 9.96. The Labute approximate surface area is 127 Å². The molecule has 0 amide bonds. The summed E-state index contributed by atoms with van der Waals surface area (Å²) in [6.07, 6.45) is 0. The normalized spacial score (nSPS) is 14.8. The second-order valence-corrected chi connectivity index (χ2v) is 6.11. The van der Waals surface area contributed by atoms with E-state index < -0.39 is 11.9 Å². The zero-order chi connectivity index (χ0) is 15.0. The Morgan fingerprint density at radius 2 is 1.95 bits per heavy atom. The number of aliphatic carboxylic acids is 1. The van der Waals surface area contributed by atoms with Crippen molar-refractivity contribution in [2.75, 3.05) is 0 Å². The van der Waals surface area contributed by atoms with E-state index in [1.165, 1.54) is 0 Å². The summed E-state index contributed by atoms with van der Waals surface area (Å²) >= 11 is 1.62. The van der Waals surface area contributed by atoms with Crippen molar-refractivity contribution >= 4 is 23.5 Å². The number of hydrogen-bond donors (Lipinski definition) is 1. The topological polar surface area (TPSA) is 54.4 Å². The highest BCUT2D eigenvalue weighted by atomic mass is 32.2. The molecule has 0 spiro atoms. The molecule has 0 aliphatic carbocycles. The van der Waals surface area contributed by atoms with Gasteiger partial charge in [-0.15, -0.1) is 11.8 Å². The summed E-state index contributed by atoms with van der Waals surface area (Å²) in [5.41, 5.74) is 3.01. The number of fused-ring (bicyclic) bond motifs is 2. The Bertz CT molecular complexity index is 737. The molecule has 0 saturated heterocycles. The second kappa shape index (κ2) is 5.37. The number of hydrogen-bond acceptors (Lipinski definition) is 3. The summed E-state index contributed by atoms with van der Waals surface area (Å²) in [5, 5.41) is 9.13. The number of carbonyl (C=O) groups is 2. The molecule has 0 saturated carbocycles. The van der Waals surface area contributed by atoms with E-state index in [2.05, 4.69) is 0 Å². The molecule has 3 nitrogen and oxygen atoms in total. The van der Waals surface area contributed by atoms with Gasteiger partial charge in [0.15, 0.2) is 5.78 Å². The first kappa shape index (κ1) is 13.9. The van der Waals surface area contributed by atoms with Crippen molar-refractivity contribution in [3.63, 3.8) is 0 Å². The maximum absolute atomic E-state index is 12.7. The van der Waals surface area contributed by atoms with Gasteiger partial charge in [-0.3, -0.25) is 9.59 Å². The van der Waals surface area contributed by atoms with Gasteiger partial charge in [-0.1, -0.05) is 30.3 Å². The molecule has 3 rings (SSSR count). The Morgan fingerprint density at radius 1 is 1.19 bits per heavy atom. The van der Waals surface area contributed by atoms with Crippen LogP contribution in [0.3, 0.4) is 0 Å².